The molecule has 124 valence electrons. The zero-order valence-electron chi connectivity index (χ0n) is 13.1. The summed E-state index contributed by atoms with van der Waals surface area (Å²) in [5.41, 5.74) is 0.774. The van der Waals surface area contributed by atoms with Crippen molar-refractivity contribution in [1.82, 2.24) is 19.8 Å². The maximum atomic E-state index is 12.3. The molecule has 0 aliphatic carbocycles. The van der Waals surface area contributed by atoms with Gasteiger partial charge in [0.15, 0.2) is 5.82 Å². The second kappa shape index (κ2) is 6.38. The minimum absolute atomic E-state index is 0.0155. The summed E-state index contributed by atoms with van der Waals surface area (Å²) in [5.74, 6) is 1.11. The molecule has 1 aliphatic rings. The molecule has 0 saturated carbocycles. The molecule has 23 heavy (non-hydrogen) atoms. The number of likely N-dealkylation sites (tertiary alicyclic amines) is 1. The highest BCUT2D eigenvalue weighted by Crippen LogP contribution is 2.29. The third-order valence-electron chi connectivity index (χ3n) is 3.92. The molecule has 0 radical (unpaired) electrons. The van der Waals surface area contributed by atoms with Gasteiger partial charge in [0.2, 0.25) is 15.9 Å². The molecule has 1 aliphatic heterocycles. The van der Waals surface area contributed by atoms with E-state index in [-0.39, 0.29) is 17.8 Å². The van der Waals surface area contributed by atoms with E-state index in [2.05, 4.69) is 14.9 Å². The van der Waals surface area contributed by atoms with Crippen LogP contribution in [0.2, 0.25) is 0 Å². The van der Waals surface area contributed by atoms with Gasteiger partial charge in [-0.05, 0) is 26.0 Å². The van der Waals surface area contributed by atoms with E-state index in [0.29, 0.717) is 24.7 Å². The van der Waals surface area contributed by atoms with Crippen LogP contribution in [0.1, 0.15) is 29.7 Å². The Labute approximate surface area is 135 Å². The molecule has 2 aromatic rings. The first-order chi connectivity index (χ1) is 10.9. The molecular formula is C15H20N4O3S. The minimum atomic E-state index is -3.39. The number of benzene rings is 1. The van der Waals surface area contributed by atoms with Gasteiger partial charge < -0.3 is 4.52 Å². The molecule has 2 heterocycles. The highest BCUT2D eigenvalue weighted by Gasteiger charge is 2.36. The summed E-state index contributed by atoms with van der Waals surface area (Å²) in [4.78, 5) is 6.28. The number of hydrogen-bond acceptors (Lipinski definition) is 6. The van der Waals surface area contributed by atoms with Gasteiger partial charge in [0, 0.05) is 12.6 Å². The average molecular weight is 336 g/mol. The van der Waals surface area contributed by atoms with Crippen LogP contribution in [0.15, 0.2) is 34.9 Å². The number of rotatable bonds is 5. The lowest BCUT2D eigenvalue weighted by Gasteiger charge is -2.14. The first-order valence-electron chi connectivity index (χ1n) is 7.47. The van der Waals surface area contributed by atoms with Crippen LogP contribution < -0.4 is 4.72 Å². The van der Waals surface area contributed by atoms with Gasteiger partial charge in [-0.2, -0.15) is 4.98 Å². The van der Waals surface area contributed by atoms with Crippen molar-refractivity contribution in [1.29, 1.82) is 0 Å². The molecule has 1 fully saturated rings. The topological polar surface area (TPSA) is 88.3 Å². The van der Waals surface area contributed by atoms with Crippen molar-refractivity contribution in [3.05, 3.63) is 47.6 Å². The Hall–Kier alpha value is -1.77. The first kappa shape index (κ1) is 16.1. The van der Waals surface area contributed by atoms with Crippen LogP contribution in [0.4, 0.5) is 0 Å². The van der Waals surface area contributed by atoms with Crippen molar-refractivity contribution in [2.75, 3.05) is 13.6 Å². The van der Waals surface area contributed by atoms with Crippen LogP contribution in [0, 0.1) is 6.92 Å². The lowest BCUT2D eigenvalue weighted by molar-refractivity contribution is 0.244. The van der Waals surface area contributed by atoms with Crippen LogP contribution in [-0.2, 0) is 15.8 Å². The average Bonchev–Trinajstić information content (AvgIpc) is 3.05. The predicted octanol–water partition coefficient (Wildman–Crippen LogP) is 1.24. The second-order valence-electron chi connectivity index (χ2n) is 5.93. The molecule has 7 nitrogen and oxygen atoms in total. The van der Waals surface area contributed by atoms with Crippen molar-refractivity contribution in [2.45, 2.75) is 31.2 Å². The molecule has 0 amide bonds. The molecule has 0 bridgehead atoms. The van der Waals surface area contributed by atoms with E-state index in [1.807, 2.05) is 42.3 Å². The van der Waals surface area contributed by atoms with E-state index in [0.717, 1.165) is 5.56 Å². The van der Waals surface area contributed by atoms with Crippen LogP contribution >= 0.6 is 0 Å². The molecule has 1 aromatic carbocycles. The maximum absolute atomic E-state index is 12.3. The smallest absolute Gasteiger partial charge is 0.244 e. The number of nitrogens with one attached hydrogen (secondary N) is 1. The summed E-state index contributed by atoms with van der Waals surface area (Å²) in [6.45, 7) is 2.38. The van der Waals surface area contributed by atoms with Crippen molar-refractivity contribution < 1.29 is 12.9 Å². The van der Waals surface area contributed by atoms with Crippen molar-refractivity contribution in [3.8, 4) is 0 Å². The first-order valence-corrected chi connectivity index (χ1v) is 9.12. The summed E-state index contributed by atoms with van der Waals surface area (Å²) in [6.07, 6.45) is 0.617. The highest BCUT2D eigenvalue weighted by atomic mass is 32.2. The van der Waals surface area contributed by atoms with Crippen molar-refractivity contribution in [2.24, 2.45) is 0 Å². The van der Waals surface area contributed by atoms with E-state index < -0.39 is 10.0 Å². The van der Waals surface area contributed by atoms with E-state index in [4.69, 9.17) is 4.52 Å². The molecule has 1 aromatic heterocycles. The van der Waals surface area contributed by atoms with Crippen molar-refractivity contribution in [3.63, 3.8) is 0 Å². The summed E-state index contributed by atoms with van der Waals surface area (Å²) in [7, 11) is -1.46. The number of hydrogen-bond donors (Lipinski definition) is 1. The largest absolute Gasteiger partial charge is 0.338 e. The monoisotopic (exact) mass is 336 g/mol. The SMILES string of the molecule is Cc1noc([C@@H]2C[C@H](NS(=O)(=O)Cc3ccccc3)CN2C)n1. The summed E-state index contributed by atoms with van der Waals surface area (Å²) in [5, 5.41) is 3.80. The fraction of sp³-hybridized carbons (Fsp3) is 0.467. The number of likely N-dealkylation sites (N-methyl/N-ethyl adjacent to an activating group) is 1. The normalized spacial score (nSPS) is 22.5. The summed E-state index contributed by atoms with van der Waals surface area (Å²) >= 11 is 0. The standard InChI is InChI=1S/C15H20N4O3S/c1-11-16-15(22-17-11)14-8-13(9-19(14)2)18-23(20,21)10-12-6-4-3-5-7-12/h3-7,13-14,18H,8-10H2,1-2H3/t13-,14-/m0/s1. The predicted molar refractivity (Wildman–Crippen MR) is 85.0 cm³/mol. The molecular weight excluding hydrogens is 316 g/mol. The molecule has 0 spiro atoms. The lowest BCUT2D eigenvalue weighted by atomic mass is 10.2. The van der Waals surface area contributed by atoms with E-state index in [9.17, 15) is 8.42 Å². The van der Waals surface area contributed by atoms with E-state index >= 15 is 0 Å². The van der Waals surface area contributed by atoms with Crippen LogP contribution in [0.3, 0.4) is 0 Å². The molecule has 0 unspecified atom stereocenters. The number of aryl methyl sites for hydroxylation is 1. The third-order valence-corrected chi connectivity index (χ3v) is 5.33. The highest BCUT2D eigenvalue weighted by molar-refractivity contribution is 7.88. The zero-order chi connectivity index (χ0) is 16.4. The fourth-order valence-electron chi connectivity index (χ4n) is 2.91. The van der Waals surface area contributed by atoms with Gasteiger partial charge in [-0.25, -0.2) is 13.1 Å². The number of aromatic nitrogens is 2. The fourth-order valence-corrected chi connectivity index (χ4v) is 4.30. The van der Waals surface area contributed by atoms with Gasteiger partial charge in [0.05, 0.1) is 11.8 Å². The van der Waals surface area contributed by atoms with Gasteiger partial charge in [-0.3, -0.25) is 4.90 Å². The Morgan fingerprint density at radius 2 is 2.09 bits per heavy atom. The van der Waals surface area contributed by atoms with Crippen LogP contribution in [0.25, 0.3) is 0 Å². The molecule has 1 saturated heterocycles. The van der Waals surface area contributed by atoms with Gasteiger partial charge >= 0.3 is 0 Å². The second-order valence-corrected chi connectivity index (χ2v) is 7.68. The Balaban J connectivity index is 1.64. The minimum Gasteiger partial charge on any atom is -0.338 e. The van der Waals surface area contributed by atoms with Crippen LogP contribution in [-0.4, -0.2) is 43.1 Å². The van der Waals surface area contributed by atoms with Crippen molar-refractivity contribution >= 4 is 10.0 Å². The number of sulfonamides is 1. The molecule has 8 heteroatoms. The molecule has 3 rings (SSSR count). The maximum Gasteiger partial charge on any atom is 0.244 e. The van der Waals surface area contributed by atoms with Gasteiger partial charge in [0.1, 0.15) is 0 Å². The Morgan fingerprint density at radius 1 is 1.35 bits per heavy atom. The Morgan fingerprint density at radius 3 is 2.74 bits per heavy atom. The van der Waals surface area contributed by atoms with Crippen LogP contribution in [0.5, 0.6) is 0 Å². The quantitative estimate of drug-likeness (QED) is 0.884. The van der Waals surface area contributed by atoms with E-state index in [1.165, 1.54) is 0 Å². The molecule has 2 atom stereocenters. The molecule has 1 N–H and O–H groups in total. The summed E-state index contributed by atoms with van der Waals surface area (Å²) in [6, 6.07) is 8.94. The van der Waals surface area contributed by atoms with E-state index in [1.54, 1.807) is 6.92 Å². The Bertz CT molecular complexity index is 760. The Kier molecular flexibility index (Phi) is 4.47. The lowest BCUT2D eigenvalue weighted by Crippen LogP contribution is -2.37. The van der Waals surface area contributed by atoms with Gasteiger partial charge in [-0.1, -0.05) is 35.5 Å². The van der Waals surface area contributed by atoms with Gasteiger partial charge in [0.25, 0.3) is 0 Å². The zero-order valence-corrected chi connectivity index (χ0v) is 14.0. The summed E-state index contributed by atoms with van der Waals surface area (Å²) < 4.78 is 32.7. The number of nitrogens with zero attached hydrogens (tertiary/aromatic N) is 3. The third kappa shape index (κ3) is 3.95. The van der Waals surface area contributed by atoms with Gasteiger partial charge in [-0.15, -0.1) is 0 Å².